The first-order valence-corrected chi connectivity index (χ1v) is 8.45. The van der Waals surface area contributed by atoms with E-state index in [1.807, 2.05) is 32.2 Å². The number of rotatable bonds is 5. The summed E-state index contributed by atoms with van der Waals surface area (Å²) in [6, 6.07) is 16.5. The van der Waals surface area contributed by atoms with Gasteiger partial charge in [0.25, 0.3) is 0 Å². The van der Waals surface area contributed by atoms with E-state index in [1.165, 1.54) is 0 Å². The van der Waals surface area contributed by atoms with Crippen LogP contribution < -0.4 is 10.1 Å². The molecule has 3 aromatic rings. The summed E-state index contributed by atoms with van der Waals surface area (Å²) in [5, 5.41) is 12.2. The van der Waals surface area contributed by atoms with Crippen LogP contribution in [0.4, 0.5) is 11.4 Å². The van der Waals surface area contributed by atoms with E-state index in [0.717, 1.165) is 28.3 Å². The fraction of sp³-hybridized carbons (Fsp3) is 0.136. The highest BCUT2D eigenvalue weighted by Gasteiger charge is 2.11. The molecule has 1 N–H and O–H groups in total. The highest BCUT2D eigenvalue weighted by atomic mass is 16.5. The summed E-state index contributed by atoms with van der Waals surface area (Å²) in [7, 11) is 0. The number of nitriles is 1. The molecule has 0 saturated heterocycles. The molecule has 3 rings (SSSR count). The zero-order valence-electron chi connectivity index (χ0n) is 15.2. The maximum Gasteiger partial charge on any atom is 0.187 e. The van der Waals surface area contributed by atoms with E-state index >= 15 is 0 Å². The molecule has 132 valence electrons. The molecule has 2 aromatic carbocycles. The molecule has 0 aliphatic carbocycles. The Kier molecular flexibility index (Phi) is 5.35. The summed E-state index contributed by atoms with van der Waals surface area (Å²) >= 11 is 0. The van der Waals surface area contributed by atoms with Crippen molar-refractivity contribution in [2.75, 3.05) is 5.32 Å². The van der Waals surface area contributed by atoms with Gasteiger partial charge < -0.3 is 10.1 Å². The average molecular weight is 354 g/mol. The summed E-state index contributed by atoms with van der Waals surface area (Å²) < 4.78 is 6.03. The third-order valence-corrected chi connectivity index (χ3v) is 4.25. The molecule has 0 atom stereocenters. The summed E-state index contributed by atoms with van der Waals surface area (Å²) in [6.45, 7) is 11.5. The molecular formula is C22H18N4O. The Labute approximate surface area is 158 Å². The van der Waals surface area contributed by atoms with Crippen LogP contribution in [0.25, 0.3) is 4.85 Å². The van der Waals surface area contributed by atoms with Gasteiger partial charge in [-0.2, -0.15) is 5.26 Å². The van der Waals surface area contributed by atoms with Crippen molar-refractivity contribution in [3.05, 3.63) is 88.5 Å². The largest absolute Gasteiger partial charge is 0.455 e. The Bertz CT molecular complexity index is 1030. The van der Waals surface area contributed by atoms with Crippen molar-refractivity contribution in [3.63, 3.8) is 0 Å². The second-order valence-electron chi connectivity index (χ2n) is 6.07. The number of nitrogens with zero attached hydrogens (tertiary/aromatic N) is 3. The van der Waals surface area contributed by atoms with E-state index in [0.29, 0.717) is 23.5 Å². The Morgan fingerprint density at radius 2 is 1.81 bits per heavy atom. The van der Waals surface area contributed by atoms with Crippen LogP contribution in [0.5, 0.6) is 11.5 Å². The van der Waals surface area contributed by atoms with Crippen LogP contribution in [-0.2, 0) is 6.54 Å². The van der Waals surface area contributed by atoms with Gasteiger partial charge >= 0.3 is 0 Å². The number of anilines is 1. The second-order valence-corrected chi connectivity index (χ2v) is 6.07. The van der Waals surface area contributed by atoms with E-state index in [4.69, 9.17) is 16.6 Å². The van der Waals surface area contributed by atoms with Crippen LogP contribution >= 0.6 is 0 Å². The Morgan fingerprint density at radius 1 is 1.11 bits per heavy atom. The quantitative estimate of drug-likeness (QED) is 0.612. The van der Waals surface area contributed by atoms with Gasteiger partial charge in [0.2, 0.25) is 0 Å². The van der Waals surface area contributed by atoms with Crippen molar-refractivity contribution >= 4 is 11.4 Å². The lowest BCUT2D eigenvalue weighted by Gasteiger charge is -2.15. The average Bonchev–Trinajstić information content (AvgIpc) is 2.71. The standard InChI is InChI=1S/C22H18N4O/c1-15-18(14-26-20-6-4-17(12-23)5-7-20)13-25-16(2)22(15)27-21-10-8-19(24-3)9-11-21/h4-11,13,26H,14H2,1-2H3. The number of aryl methyl sites for hydroxylation is 1. The van der Waals surface area contributed by atoms with Crippen molar-refractivity contribution in [2.45, 2.75) is 20.4 Å². The van der Waals surface area contributed by atoms with Gasteiger partial charge in [-0.15, -0.1) is 0 Å². The zero-order chi connectivity index (χ0) is 19.2. The van der Waals surface area contributed by atoms with Crippen LogP contribution in [0, 0.1) is 31.8 Å². The maximum absolute atomic E-state index is 8.87. The SMILES string of the molecule is [C-]#[N+]c1ccc(Oc2c(C)ncc(CNc3ccc(C#N)cc3)c2C)cc1. The van der Waals surface area contributed by atoms with Crippen LogP contribution in [0.2, 0.25) is 0 Å². The van der Waals surface area contributed by atoms with Crippen molar-refractivity contribution in [2.24, 2.45) is 0 Å². The highest BCUT2D eigenvalue weighted by molar-refractivity contribution is 5.51. The molecule has 27 heavy (non-hydrogen) atoms. The summed E-state index contributed by atoms with van der Waals surface area (Å²) in [4.78, 5) is 7.84. The second kappa shape index (κ2) is 8.03. The maximum atomic E-state index is 8.87. The fourth-order valence-electron chi connectivity index (χ4n) is 2.64. The number of ether oxygens (including phenoxy) is 1. The minimum absolute atomic E-state index is 0.578. The molecular weight excluding hydrogens is 336 g/mol. The smallest absolute Gasteiger partial charge is 0.187 e. The fourth-order valence-corrected chi connectivity index (χ4v) is 2.64. The Hall–Kier alpha value is -3.83. The van der Waals surface area contributed by atoms with Gasteiger partial charge in [-0.3, -0.25) is 4.98 Å². The predicted molar refractivity (Wildman–Crippen MR) is 105 cm³/mol. The van der Waals surface area contributed by atoms with E-state index in [2.05, 4.69) is 21.2 Å². The van der Waals surface area contributed by atoms with Gasteiger partial charge in [0.1, 0.15) is 5.75 Å². The highest BCUT2D eigenvalue weighted by Crippen LogP contribution is 2.30. The number of nitrogens with one attached hydrogen (secondary N) is 1. The van der Waals surface area contributed by atoms with Crippen LogP contribution in [0.1, 0.15) is 22.4 Å². The molecule has 1 aromatic heterocycles. The van der Waals surface area contributed by atoms with E-state index in [9.17, 15) is 0 Å². The van der Waals surface area contributed by atoms with Crippen molar-refractivity contribution in [3.8, 4) is 17.6 Å². The van der Waals surface area contributed by atoms with Gasteiger partial charge in [0.05, 0.1) is 23.9 Å². The number of benzene rings is 2. The first-order chi connectivity index (χ1) is 13.1. The van der Waals surface area contributed by atoms with E-state index in [-0.39, 0.29) is 0 Å². The monoisotopic (exact) mass is 354 g/mol. The third-order valence-electron chi connectivity index (χ3n) is 4.25. The molecule has 5 heteroatoms. The lowest BCUT2D eigenvalue weighted by atomic mass is 10.1. The lowest BCUT2D eigenvalue weighted by Crippen LogP contribution is -2.04. The van der Waals surface area contributed by atoms with Crippen LogP contribution in [0.3, 0.4) is 0 Å². The van der Waals surface area contributed by atoms with Gasteiger partial charge in [0.15, 0.2) is 11.4 Å². The van der Waals surface area contributed by atoms with Gasteiger partial charge in [-0.05, 0) is 55.8 Å². The minimum atomic E-state index is 0.578. The first-order valence-electron chi connectivity index (χ1n) is 8.45. The zero-order valence-corrected chi connectivity index (χ0v) is 15.2. The minimum Gasteiger partial charge on any atom is -0.455 e. The normalized spacial score (nSPS) is 9.93. The molecule has 0 radical (unpaired) electrons. The van der Waals surface area contributed by atoms with Crippen LogP contribution in [-0.4, -0.2) is 4.98 Å². The van der Waals surface area contributed by atoms with Gasteiger partial charge in [0, 0.05) is 24.0 Å². The number of hydrogen-bond donors (Lipinski definition) is 1. The predicted octanol–water partition coefficient (Wildman–Crippen LogP) is 5.53. The molecule has 0 fully saturated rings. The van der Waals surface area contributed by atoms with Crippen molar-refractivity contribution in [1.82, 2.24) is 4.98 Å². The van der Waals surface area contributed by atoms with Crippen molar-refractivity contribution in [1.29, 1.82) is 5.26 Å². The summed E-state index contributed by atoms with van der Waals surface area (Å²) in [5.74, 6) is 1.40. The van der Waals surface area contributed by atoms with Gasteiger partial charge in [-0.1, -0.05) is 12.1 Å². The third kappa shape index (κ3) is 4.23. The molecule has 0 bridgehead atoms. The summed E-state index contributed by atoms with van der Waals surface area (Å²) in [5.41, 5.74) is 4.99. The van der Waals surface area contributed by atoms with E-state index < -0.39 is 0 Å². The number of pyridine rings is 1. The Balaban J connectivity index is 1.77. The molecule has 0 aliphatic heterocycles. The molecule has 5 nitrogen and oxygen atoms in total. The lowest BCUT2D eigenvalue weighted by molar-refractivity contribution is 0.471. The topological polar surface area (TPSA) is 62.3 Å². The molecule has 0 aliphatic rings. The Morgan fingerprint density at radius 3 is 2.44 bits per heavy atom. The molecule has 1 heterocycles. The number of aromatic nitrogens is 1. The molecule has 0 unspecified atom stereocenters. The van der Waals surface area contributed by atoms with E-state index in [1.54, 1.807) is 36.4 Å². The molecule has 0 spiro atoms. The van der Waals surface area contributed by atoms with Gasteiger partial charge in [-0.25, -0.2) is 4.85 Å². The first kappa shape index (κ1) is 18.0. The molecule has 0 saturated carbocycles. The summed E-state index contributed by atoms with van der Waals surface area (Å²) in [6.07, 6.45) is 1.84. The number of hydrogen-bond acceptors (Lipinski definition) is 4. The van der Waals surface area contributed by atoms with Crippen molar-refractivity contribution < 1.29 is 4.74 Å². The molecule has 0 amide bonds. The van der Waals surface area contributed by atoms with Crippen LogP contribution in [0.15, 0.2) is 54.7 Å².